The van der Waals surface area contributed by atoms with Gasteiger partial charge in [0, 0.05) is 23.5 Å². The van der Waals surface area contributed by atoms with Crippen molar-refractivity contribution in [3.05, 3.63) is 58.6 Å². The first-order valence-corrected chi connectivity index (χ1v) is 9.93. The van der Waals surface area contributed by atoms with Crippen LogP contribution in [0.2, 0.25) is 5.02 Å². The highest BCUT2D eigenvalue weighted by Gasteiger charge is 2.24. The van der Waals surface area contributed by atoms with Gasteiger partial charge in [0.25, 0.3) is 5.91 Å². The molecular formula is C22H26ClN3O2. The van der Waals surface area contributed by atoms with E-state index in [1.165, 1.54) is 5.56 Å². The smallest absolute Gasteiger partial charge is 0.253 e. The molecule has 2 aromatic carbocycles. The van der Waals surface area contributed by atoms with Gasteiger partial charge in [-0.05, 0) is 56.5 Å². The molecule has 0 radical (unpaired) electrons. The van der Waals surface area contributed by atoms with Crippen molar-refractivity contribution in [2.45, 2.75) is 39.2 Å². The van der Waals surface area contributed by atoms with Crippen molar-refractivity contribution in [2.75, 3.05) is 23.3 Å². The average molecular weight is 400 g/mol. The van der Waals surface area contributed by atoms with Crippen LogP contribution in [0, 0.1) is 0 Å². The van der Waals surface area contributed by atoms with Crippen LogP contribution in [0.15, 0.2) is 42.5 Å². The Morgan fingerprint density at radius 1 is 1.18 bits per heavy atom. The van der Waals surface area contributed by atoms with Crippen LogP contribution in [0.1, 0.15) is 43.1 Å². The maximum absolute atomic E-state index is 12.6. The molecular weight excluding hydrogens is 374 g/mol. The van der Waals surface area contributed by atoms with Gasteiger partial charge < -0.3 is 15.5 Å². The van der Waals surface area contributed by atoms with Crippen molar-refractivity contribution in [1.82, 2.24) is 5.32 Å². The Morgan fingerprint density at radius 3 is 2.64 bits per heavy atom. The lowest BCUT2D eigenvalue weighted by atomic mass is 10.0. The summed E-state index contributed by atoms with van der Waals surface area (Å²) < 4.78 is 0. The molecule has 0 unspecified atom stereocenters. The first-order valence-electron chi connectivity index (χ1n) is 9.55. The second kappa shape index (κ2) is 8.23. The van der Waals surface area contributed by atoms with E-state index in [1.54, 1.807) is 23.1 Å². The van der Waals surface area contributed by atoms with E-state index in [1.807, 2.05) is 39.0 Å². The van der Waals surface area contributed by atoms with Crippen LogP contribution in [-0.4, -0.2) is 30.4 Å². The fourth-order valence-electron chi connectivity index (χ4n) is 3.14. The molecule has 0 saturated heterocycles. The summed E-state index contributed by atoms with van der Waals surface area (Å²) in [7, 11) is 0. The lowest BCUT2D eigenvalue weighted by Gasteiger charge is -2.24. The third-order valence-electron chi connectivity index (χ3n) is 5.18. The Morgan fingerprint density at radius 2 is 1.93 bits per heavy atom. The Kier molecular flexibility index (Phi) is 5.94. The molecule has 1 aliphatic rings. The second-order valence-electron chi connectivity index (χ2n) is 7.66. The largest absolute Gasteiger partial charge is 0.376 e. The third kappa shape index (κ3) is 4.47. The molecule has 2 N–H and O–H groups in total. The maximum Gasteiger partial charge on any atom is 0.253 e. The molecule has 0 aliphatic carbocycles. The van der Waals surface area contributed by atoms with Crippen molar-refractivity contribution >= 4 is 34.8 Å². The van der Waals surface area contributed by atoms with E-state index in [2.05, 4.69) is 16.7 Å². The fraction of sp³-hybridized carbons (Fsp3) is 0.364. The molecule has 0 atom stereocenters. The maximum atomic E-state index is 12.6. The minimum absolute atomic E-state index is 0.00703. The van der Waals surface area contributed by atoms with Gasteiger partial charge in [-0.2, -0.15) is 0 Å². The summed E-state index contributed by atoms with van der Waals surface area (Å²) >= 11 is 6.31. The van der Waals surface area contributed by atoms with Crippen molar-refractivity contribution in [3.8, 4) is 0 Å². The van der Waals surface area contributed by atoms with Gasteiger partial charge in [-0.25, -0.2) is 0 Å². The Balaban J connectivity index is 1.62. The van der Waals surface area contributed by atoms with Crippen LogP contribution >= 0.6 is 11.6 Å². The number of hydrogen-bond donors (Lipinski definition) is 2. The number of fused-ring (bicyclic) bond motifs is 1. The second-order valence-corrected chi connectivity index (χ2v) is 8.07. The van der Waals surface area contributed by atoms with E-state index < -0.39 is 0 Å². The van der Waals surface area contributed by atoms with Gasteiger partial charge in [-0.3, -0.25) is 9.59 Å². The number of hydrogen-bond acceptors (Lipinski definition) is 3. The molecule has 0 bridgehead atoms. The summed E-state index contributed by atoms with van der Waals surface area (Å²) in [5.74, 6) is -0.194. The molecule has 0 aromatic heterocycles. The van der Waals surface area contributed by atoms with Crippen LogP contribution in [0.3, 0.4) is 0 Å². The van der Waals surface area contributed by atoms with E-state index in [9.17, 15) is 9.59 Å². The summed E-state index contributed by atoms with van der Waals surface area (Å²) in [5, 5.41) is 6.44. The number of halogens is 1. The zero-order valence-electron chi connectivity index (χ0n) is 16.5. The predicted octanol–water partition coefficient (Wildman–Crippen LogP) is 4.26. The number of carbonyl (C=O) groups is 2. The van der Waals surface area contributed by atoms with Gasteiger partial charge in [0.05, 0.1) is 17.1 Å². The van der Waals surface area contributed by atoms with Crippen molar-refractivity contribution < 1.29 is 9.59 Å². The minimum Gasteiger partial charge on any atom is -0.376 e. The van der Waals surface area contributed by atoms with E-state index in [0.717, 1.165) is 18.5 Å². The quantitative estimate of drug-likeness (QED) is 0.762. The van der Waals surface area contributed by atoms with Gasteiger partial charge in [0.1, 0.15) is 0 Å². The molecule has 1 heterocycles. The van der Waals surface area contributed by atoms with Crippen LogP contribution in [0.25, 0.3) is 0 Å². The molecule has 0 saturated carbocycles. The van der Waals surface area contributed by atoms with Gasteiger partial charge in [-0.1, -0.05) is 36.7 Å². The van der Waals surface area contributed by atoms with E-state index in [0.29, 0.717) is 22.8 Å². The monoisotopic (exact) mass is 399 g/mol. The molecule has 5 nitrogen and oxygen atoms in total. The first kappa shape index (κ1) is 20.2. The normalized spacial score (nSPS) is 13.2. The Labute approximate surface area is 171 Å². The number of para-hydroxylation sites is 1. The molecule has 0 fully saturated rings. The molecule has 3 rings (SSSR count). The summed E-state index contributed by atoms with van der Waals surface area (Å²) in [6.45, 7) is 6.82. The van der Waals surface area contributed by atoms with Gasteiger partial charge in [0.15, 0.2) is 0 Å². The van der Waals surface area contributed by atoms with Crippen molar-refractivity contribution in [3.63, 3.8) is 0 Å². The molecule has 2 amide bonds. The number of amides is 2. The van der Waals surface area contributed by atoms with Crippen LogP contribution in [0.5, 0.6) is 0 Å². The highest BCUT2D eigenvalue weighted by atomic mass is 35.5. The zero-order valence-corrected chi connectivity index (χ0v) is 17.3. The number of benzene rings is 2. The zero-order chi connectivity index (χ0) is 20.3. The van der Waals surface area contributed by atoms with Crippen LogP contribution in [0.4, 0.5) is 11.4 Å². The lowest BCUT2D eigenvalue weighted by Crippen LogP contribution is -2.42. The van der Waals surface area contributed by atoms with E-state index in [4.69, 9.17) is 11.6 Å². The molecule has 148 valence electrons. The van der Waals surface area contributed by atoms with Crippen molar-refractivity contribution in [2.24, 2.45) is 0 Å². The van der Waals surface area contributed by atoms with Gasteiger partial charge in [-0.15, -0.1) is 0 Å². The molecule has 28 heavy (non-hydrogen) atoms. The molecule has 2 aromatic rings. The van der Waals surface area contributed by atoms with Gasteiger partial charge >= 0.3 is 0 Å². The van der Waals surface area contributed by atoms with E-state index in [-0.39, 0.29) is 23.9 Å². The predicted molar refractivity (Wildman–Crippen MR) is 114 cm³/mol. The van der Waals surface area contributed by atoms with E-state index >= 15 is 0 Å². The number of carbonyl (C=O) groups excluding carboxylic acids is 2. The number of anilines is 2. The summed E-state index contributed by atoms with van der Waals surface area (Å²) in [5.41, 5.74) is 3.02. The van der Waals surface area contributed by atoms with Crippen LogP contribution in [-0.2, 0) is 11.2 Å². The molecule has 1 aliphatic heterocycles. The molecule has 0 spiro atoms. The standard InChI is InChI=1S/C22H26ClN3O2/c1-4-22(2,3)25-21(28)17-10-9-16(13-18(17)23)24-14-20(27)26-12-11-15-7-5-6-8-19(15)26/h5-10,13,24H,4,11-12,14H2,1-3H3,(H,25,28). The fourth-order valence-corrected chi connectivity index (χ4v) is 3.41. The number of nitrogens with zero attached hydrogens (tertiary/aromatic N) is 1. The third-order valence-corrected chi connectivity index (χ3v) is 5.49. The molecule has 6 heteroatoms. The van der Waals surface area contributed by atoms with Crippen LogP contribution < -0.4 is 15.5 Å². The lowest BCUT2D eigenvalue weighted by molar-refractivity contribution is -0.116. The topological polar surface area (TPSA) is 61.4 Å². The Bertz CT molecular complexity index is 895. The Hall–Kier alpha value is -2.53. The summed E-state index contributed by atoms with van der Waals surface area (Å²) in [6.07, 6.45) is 1.70. The first-order chi connectivity index (χ1) is 13.3. The summed E-state index contributed by atoms with van der Waals surface area (Å²) in [4.78, 5) is 26.8. The number of nitrogens with one attached hydrogen (secondary N) is 2. The highest BCUT2D eigenvalue weighted by molar-refractivity contribution is 6.34. The van der Waals surface area contributed by atoms with Crippen molar-refractivity contribution in [1.29, 1.82) is 0 Å². The highest BCUT2D eigenvalue weighted by Crippen LogP contribution is 2.27. The average Bonchev–Trinajstić information content (AvgIpc) is 3.10. The number of rotatable bonds is 6. The SMILES string of the molecule is CCC(C)(C)NC(=O)c1ccc(NCC(=O)N2CCc3ccccc32)cc1Cl. The van der Waals surface area contributed by atoms with Gasteiger partial charge in [0.2, 0.25) is 5.91 Å². The minimum atomic E-state index is -0.296. The summed E-state index contributed by atoms with van der Waals surface area (Å²) in [6, 6.07) is 13.1.